The standard InChI is InChI=1S/C66H111O3S/c1-4-7-10-13-16-19-22-25-28-31-34-37-40-43-58-67-61-46-52-64(53-47-61)70(65-54-48-62(49-55-65)68-59-44-41-38-35-32-29-26-23-20-17-14-11-8-5-2)66-56-50-63(51-57-66)69-60-45-42-39-36-33-30-27-24-21-18-15-12-9-6-3/h46-57H,4-45,58-60H2,1-3H3/q+1. The van der Waals surface area contributed by atoms with Gasteiger partial charge in [-0.25, -0.2) is 0 Å². The average molecular weight is 985 g/mol. The molecule has 0 fully saturated rings. The SMILES string of the molecule is CCCCCCCCCCCCCCCCOc1ccc([S+](c2ccc(OCCCCCCCCCCCCCCCC)cc2)c2ccc(OCCCCCCCCCCCCCCCC)cc2)cc1. The summed E-state index contributed by atoms with van der Waals surface area (Å²) < 4.78 is 18.8. The molecule has 0 aliphatic rings. The van der Waals surface area contributed by atoms with Crippen LogP contribution in [0.15, 0.2) is 87.5 Å². The van der Waals surface area contributed by atoms with E-state index in [0.717, 1.165) is 56.3 Å². The second-order valence-electron chi connectivity index (χ2n) is 21.1. The fraction of sp³-hybridized carbons (Fsp3) is 0.727. The van der Waals surface area contributed by atoms with Gasteiger partial charge in [0.05, 0.1) is 30.7 Å². The highest BCUT2D eigenvalue weighted by atomic mass is 32.2. The summed E-state index contributed by atoms with van der Waals surface area (Å²) in [5.74, 6) is 2.92. The number of unbranched alkanes of at least 4 members (excludes halogenated alkanes) is 39. The van der Waals surface area contributed by atoms with Crippen molar-refractivity contribution in [1.82, 2.24) is 0 Å². The van der Waals surface area contributed by atoms with Crippen molar-refractivity contribution in [2.24, 2.45) is 0 Å². The summed E-state index contributed by atoms with van der Waals surface area (Å²) >= 11 is 0. The molecule has 4 heteroatoms. The van der Waals surface area contributed by atoms with Gasteiger partial charge in [-0.2, -0.15) is 0 Å². The molecular weight excluding hydrogens is 873 g/mol. The Morgan fingerprint density at radius 3 is 0.543 bits per heavy atom. The molecule has 0 N–H and O–H groups in total. The average Bonchev–Trinajstić information content (AvgIpc) is 3.38. The van der Waals surface area contributed by atoms with Crippen LogP contribution in [0.3, 0.4) is 0 Å². The lowest BCUT2D eigenvalue weighted by molar-refractivity contribution is 0.304. The summed E-state index contributed by atoms with van der Waals surface area (Å²) in [6.07, 6.45) is 57.8. The molecule has 0 bridgehead atoms. The molecule has 3 aromatic rings. The fourth-order valence-corrected chi connectivity index (χ4v) is 11.9. The Balaban J connectivity index is 1.40. The summed E-state index contributed by atoms with van der Waals surface area (Å²) in [4.78, 5) is 3.91. The number of ether oxygens (including phenoxy) is 3. The van der Waals surface area contributed by atoms with Crippen molar-refractivity contribution in [3.8, 4) is 17.2 Å². The first kappa shape index (κ1) is 61.7. The van der Waals surface area contributed by atoms with Crippen LogP contribution in [-0.2, 0) is 10.9 Å². The van der Waals surface area contributed by atoms with Crippen LogP contribution in [0.1, 0.15) is 290 Å². The normalized spacial score (nSPS) is 11.5. The predicted octanol–water partition coefficient (Wildman–Crippen LogP) is 22.4. The topological polar surface area (TPSA) is 27.7 Å². The van der Waals surface area contributed by atoms with Gasteiger partial charge in [0.15, 0.2) is 14.7 Å². The minimum Gasteiger partial charge on any atom is -0.494 e. The maximum absolute atomic E-state index is 6.27. The second-order valence-corrected chi connectivity index (χ2v) is 23.1. The first-order valence-corrected chi connectivity index (χ1v) is 31.9. The van der Waals surface area contributed by atoms with Gasteiger partial charge >= 0.3 is 0 Å². The van der Waals surface area contributed by atoms with E-state index in [1.165, 1.54) is 265 Å². The molecule has 3 nitrogen and oxygen atoms in total. The molecule has 0 aliphatic carbocycles. The van der Waals surface area contributed by atoms with E-state index in [1.807, 2.05) is 0 Å². The zero-order valence-electron chi connectivity index (χ0n) is 46.4. The van der Waals surface area contributed by atoms with E-state index >= 15 is 0 Å². The largest absolute Gasteiger partial charge is 0.494 e. The molecule has 0 saturated heterocycles. The summed E-state index contributed by atoms with van der Waals surface area (Å²) in [6, 6.07) is 26.8. The number of hydrogen-bond donors (Lipinski definition) is 0. The van der Waals surface area contributed by atoms with E-state index in [1.54, 1.807) is 0 Å². The van der Waals surface area contributed by atoms with Gasteiger partial charge in [-0.05, 0) is 92.1 Å². The lowest BCUT2D eigenvalue weighted by atomic mass is 10.0. The van der Waals surface area contributed by atoms with Crippen LogP contribution in [-0.4, -0.2) is 19.8 Å². The minimum atomic E-state index is -0.258. The molecular formula is C66H111O3S+. The number of rotatable bonds is 51. The van der Waals surface area contributed by atoms with Crippen LogP contribution in [0.5, 0.6) is 17.2 Å². The van der Waals surface area contributed by atoms with Crippen LogP contribution in [0.4, 0.5) is 0 Å². The van der Waals surface area contributed by atoms with Gasteiger partial charge in [-0.3, -0.25) is 0 Å². The van der Waals surface area contributed by atoms with Crippen LogP contribution in [0, 0.1) is 0 Å². The lowest BCUT2D eigenvalue weighted by Gasteiger charge is -2.12. The van der Waals surface area contributed by atoms with Gasteiger partial charge in [0.25, 0.3) is 0 Å². The van der Waals surface area contributed by atoms with Crippen LogP contribution < -0.4 is 14.2 Å². The minimum absolute atomic E-state index is 0.258. The molecule has 3 rings (SSSR count). The van der Waals surface area contributed by atoms with Crippen molar-refractivity contribution in [3.63, 3.8) is 0 Å². The number of benzene rings is 3. The molecule has 0 spiro atoms. The van der Waals surface area contributed by atoms with E-state index < -0.39 is 0 Å². The van der Waals surface area contributed by atoms with Crippen molar-refractivity contribution < 1.29 is 14.2 Å². The zero-order valence-corrected chi connectivity index (χ0v) is 47.2. The Labute approximate surface area is 437 Å². The summed E-state index contributed by atoms with van der Waals surface area (Å²) in [5, 5.41) is 0. The van der Waals surface area contributed by atoms with Crippen LogP contribution in [0.2, 0.25) is 0 Å². The van der Waals surface area contributed by atoms with E-state index in [4.69, 9.17) is 14.2 Å². The predicted molar refractivity (Wildman–Crippen MR) is 309 cm³/mol. The highest BCUT2D eigenvalue weighted by Crippen LogP contribution is 2.34. The molecule has 0 unspecified atom stereocenters. The molecule has 0 heterocycles. The van der Waals surface area contributed by atoms with Crippen LogP contribution >= 0.6 is 0 Å². The molecule has 70 heavy (non-hydrogen) atoms. The highest BCUT2D eigenvalue weighted by molar-refractivity contribution is 7.97. The van der Waals surface area contributed by atoms with Gasteiger partial charge in [0, 0.05) is 0 Å². The van der Waals surface area contributed by atoms with Gasteiger partial charge in [-0.15, -0.1) is 0 Å². The Hall–Kier alpha value is -2.59. The fourth-order valence-electron chi connectivity index (χ4n) is 9.88. The van der Waals surface area contributed by atoms with E-state index in [2.05, 4.69) is 93.6 Å². The molecule has 0 aliphatic heterocycles. The van der Waals surface area contributed by atoms with E-state index in [-0.39, 0.29) is 10.9 Å². The Morgan fingerprint density at radius 1 is 0.214 bits per heavy atom. The summed E-state index contributed by atoms with van der Waals surface area (Å²) in [7, 11) is -0.258. The molecule has 0 aromatic heterocycles. The van der Waals surface area contributed by atoms with Gasteiger partial charge in [-0.1, -0.05) is 271 Å². The second kappa shape index (κ2) is 46.2. The summed E-state index contributed by atoms with van der Waals surface area (Å²) in [6.45, 7) is 9.29. The molecule has 0 atom stereocenters. The van der Waals surface area contributed by atoms with Gasteiger partial charge in [0.1, 0.15) is 17.2 Å². The third-order valence-corrected chi connectivity index (χ3v) is 16.7. The van der Waals surface area contributed by atoms with Crippen molar-refractivity contribution in [2.45, 2.75) is 305 Å². The molecule has 3 aromatic carbocycles. The van der Waals surface area contributed by atoms with Crippen molar-refractivity contribution >= 4 is 10.9 Å². The molecule has 0 radical (unpaired) electrons. The van der Waals surface area contributed by atoms with E-state index in [9.17, 15) is 0 Å². The summed E-state index contributed by atoms with van der Waals surface area (Å²) in [5.41, 5.74) is 0. The van der Waals surface area contributed by atoms with Gasteiger partial charge in [0.2, 0.25) is 0 Å². The zero-order chi connectivity index (χ0) is 49.5. The lowest BCUT2D eigenvalue weighted by Crippen LogP contribution is -2.06. The maximum Gasteiger partial charge on any atom is 0.166 e. The third-order valence-electron chi connectivity index (χ3n) is 14.5. The monoisotopic (exact) mass is 984 g/mol. The highest BCUT2D eigenvalue weighted by Gasteiger charge is 2.29. The van der Waals surface area contributed by atoms with Gasteiger partial charge < -0.3 is 14.2 Å². The Bertz CT molecular complexity index is 1340. The quantitative estimate of drug-likeness (QED) is 0.0417. The number of hydrogen-bond acceptors (Lipinski definition) is 3. The molecule has 0 amide bonds. The smallest absolute Gasteiger partial charge is 0.166 e. The molecule has 398 valence electrons. The van der Waals surface area contributed by atoms with Crippen molar-refractivity contribution in [2.75, 3.05) is 19.8 Å². The Morgan fingerprint density at radius 2 is 0.371 bits per heavy atom. The van der Waals surface area contributed by atoms with Crippen molar-refractivity contribution in [1.29, 1.82) is 0 Å². The van der Waals surface area contributed by atoms with Crippen LogP contribution in [0.25, 0.3) is 0 Å². The third kappa shape index (κ3) is 33.2. The maximum atomic E-state index is 6.27. The van der Waals surface area contributed by atoms with Crippen molar-refractivity contribution in [3.05, 3.63) is 72.8 Å². The van der Waals surface area contributed by atoms with E-state index in [0.29, 0.717) is 0 Å². The first-order chi connectivity index (χ1) is 34.7. The molecule has 0 saturated carbocycles. The first-order valence-electron chi connectivity index (χ1n) is 30.7. The Kier molecular flexibility index (Phi) is 40.7.